The maximum Gasteiger partial charge on any atom is 0.278 e. The normalized spacial score (nSPS) is 16.7. The maximum absolute atomic E-state index is 12.8. The number of fused-ring (bicyclic) bond motifs is 1. The minimum atomic E-state index is -0.0890. The van der Waals surface area contributed by atoms with E-state index in [2.05, 4.69) is 10.00 Å². The monoisotopic (exact) mass is 329 g/mol. The molecule has 6 nitrogen and oxygen atoms in total. The first kappa shape index (κ1) is 18.0. The number of amides is 1. The number of hydrogen-bond acceptors (Lipinski definition) is 4. The van der Waals surface area contributed by atoms with E-state index in [1.165, 1.54) is 5.56 Å². The number of nitrogens with zero attached hydrogens (tertiary/aromatic N) is 4. The van der Waals surface area contributed by atoms with E-state index < -0.39 is 0 Å². The fourth-order valence-electron chi connectivity index (χ4n) is 2.88. The number of nitrogen functional groups attached to an aromatic ring is 1. The van der Waals surface area contributed by atoms with Gasteiger partial charge in [0, 0.05) is 12.2 Å². The Bertz CT molecular complexity index is 690. The first-order valence-corrected chi connectivity index (χ1v) is 8.33. The van der Waals surface area contributed by atoms with Gasteiger partial charge in [0.15, 0.2) is 0 Å². The van der Waals surface area contributed by atoms with Crippen LogP contribution in [0, 0.1) is 6.92 Å². The highest BCUT2D eigenvalue weighted by Crippen LogP contribution is 2.29. The number of aromatic nitrogens is 2. The summed E-state index contributed by atoms with van der Waals surface area (Å²) in [5.41, 5.74) is 8.95. The summed E-state index contributed by atoms with van der Waals surface area (Å²) in [6.07, 6.45) is 1.56. The van der Waals surface area contributed by atoms with E-state index in [0.717, 1.165) is 12.2 Å². The number of carbonyl (C=O) groups excluding carboxylic acids is 1. The molecule has 1 atom stereocenters. The van der Waals surface area contributed by atoms with Gasteiger partial charge in [-0.1, -0.05) is 31.5 Å². The molecule has 6 heteroatoms. The van der Waals surface area contributed by atoms with Gasteiger partial charge in [-0.2, -0.15) is 5.10 Å². The van der Waals surface area contributed by atoms with Crippen molar-refractivity contribution in [2.75, 3.05) is 37.8 Å². The summed E-state index contributed by atoms with van der Waals surface area (Å²) in [5.74, 6) is -0.0890. The Balaban J connectivity index is 0.00000100. The molecule has 1 aromatic carbocycles. The minimum absolute atomic E-state index is 0.0845. The Labute approximate surface area is 143 Å². The third-order valence-electron chi connectivity index (χ3n) is 3.93. The van der Waals surface area contributed by atoms with Crippen molar-refractivity contribution in [3.63, 3.8) is 0 Å². The molecule has 0 fully saturated rings. The van der Waals surface area contributed by atoms with E-state index in [0.29, 0.717) is 17.9 Å². The summed E-state index contributed by atoms with van der Waals surface area (Å²) >= 11 is 0. The van der Waals surface area contributed by atoms with Crippen molar-refractivity contribution in [3.8, 4) is 0 Å². The highest BCUT2D eigenvalue weighted by atomic mass is 16.2. The quantitative estimate of drug-likeness (QED) is 0.940. The van der Waals surface area contributed by atoms with E-state index in [1.54, 1.807) is 15.8 Å². The van der Waals surface area contributed by atoms with Gasteiger partial charge < -0.3 is 15.5 Å². The molecule has 0 saturated carbocycles. The summed E-state index contributed by atoms with van der Waals surface area (Å²) < 4.78 is 1.77. The second-order valence-electron chi connectivity index (χ2n) is 6.06. The van der Waals surface area contributed by atoms with Crippen LogP contribution < -0.4 is 10.6 Å². The van der Waals surface area contributed by atoms with Crippen molar-refractivity contribution >= 4 is 17.3 Å². The second kappa shape index (κ2) is 7.49. The number of rotatable bonds is 3. The number of benzene rings is 1. The largest absolute Gasteiger partial charge is 0.396 e. The van der Waals surface area contributed by atoms with Gasteiger partial charge >= 0.3 is 0 Å². The van der Waals surface area contributed by atoms with Crippen molar-refractivity contribution in [3.05, 3.63) is 41.7 Å². The summed E-state index contributed by atoms with van der Waals surface area (Å²) in [6, 6.07) is 8.06. The van der Waals surface area contributed by atoms with Crippen LogP contribution in [0.1, 0.15) is 35.9 Å². The van der Waals surface area contributed by atoms with Crippen LogP contribution in [-0.2, 0) is 0 Å². The van der Waals surface area contributed by atoms with Crippen LogP contribution in [-0.4, -0.2) is 47.8 Å². The number of nitrogens with two attached hydrogens (primary N) is 1. The number of aryl methyl sites for hydroxylation is 1. The first-order chi connectivity index (χ1) is 11.5. The number of hydrogen-bond donors (Lipinski definition) is 1. The SMILES string of the molecule is CC.Cc1ccc(N2CC(CN(C)C)n3ncc(N)c3C2=O)cc1. The van der Waals surface area contributed by atoms with Crippen molar-refractivity contribution < 1.29 is 4.79 Å². The zero-order valence-corrected chi connectivity index (χ0v) is 15.2. The van der Waals surface area contributed by atoms with Crippen molar-refractivity contribution in [1.29, 1.82) is 0 Å². The lowest BCUT2D eigenvalue weighted by molar-refractivity contribution is 0.0946. The van der Waals surface area contributed by atoms with Gasteiger partial charge in [0.25, 0.3) is 5.91 Å². The van der Waals surface area contributed by atoms with Gasteiger partial charge in [0.05, 0.1) is 24.5 Å². The summed E-state index contributed by atoms with van der Waals surface area (Å²) in [7, 11) is 4.03. The molecule has 1 amide bonds. The molecule has 0 spiro atoms. The Morgan fingerprint density at radius 2 is 1.88 bits per heavy atom. The Morgan fingerprint density at radius 3 is 2.46 bits per heavy atom. The van der Waals surface area contributed by atoms with Gasteiger partial charge in [-0.05, 0) is 33.2 Å². The smallest absolute Gasteiger partial charge is 0.278 e. The van der Waals surface area contributed by atoms with E-state index in [4.69, 9.17) is 5.73 Å². The van der Waals surface area contributed by atoms with E-state index in [-0.39, 0.29) is 11.9 Å². The third-order valence-corrected chi connectivity index (χ3v) is 3.93. The van der Waals surface area contributed by atoms with Crippen molar-refractivity contribution in [2.24, 2.45) is 0 Å². The van der Waals surface area contributed by atoms with E-state index in [9.17, 15) is 4.79 Å². The van der Waals surface area contributed by atoms with Gasteiger partial charge in [0.2, 0.25) is 0 Å². The molecule has 2 aromatic rings. The molecule has 2 heterocycles. The second-order valence-corrected chi connectivity index (χ2v) is 6.06. The van der Waals surface area contributed by atoms with E-state index in [1.807, 2.05) is 59.1 Å². The van der Waals surface area contributed by atoms with Crippen LogP contribution in [0.4, 0.5) is 11.4 Å². The number of anilines is 2. The fraction of sp³-hybridized carbons (Fsp3) is 0.444. The Hall–Kier alpha value is -2.34. The minimum Gasteiger partial charge on any atom is -0.396 e. The summed E-state index contributed by atoms with van der Waals surface area (Å²) in [4.78, 5) is 16.7. The number of carbonyl (C=O) groups is 1. The average Bonchev–Trinajstić information content (AvgIpc) is 2.95. The van der Waals surface area contributed by atoms with Gasteiger partial charge in [-0.15, -0.1) is 0 Å². The predicted octanol–water partition coefficient (Wildman–Crippen LogP) is 2.56. The zero-order valence-electron chi connectivity index (χ0n) is 15.2. The maximum atomic E-state index is 12.8. The van der Waals surface area contributed by atoms with Gasteiger partial charge in [0.1, 0.15) is 5.69 Å². The fourth-order valence-corrected chi connectivity index (χ4v) is 2.88. The molecule has 0 saturated heterocycles. The molecule has 1 aromatic heterocycles. The van der Waals surface area contributed by atoms with Crippen molar-refractivity contribution in [1.82, 2.24) is 14.7 Å². The topological polar surface area (TPSA) is 67.4 Å². The highest BCUT2D eigenvalue weighted by Gasteiger charge is 2.34. The molecule has 1 unspecified atom stereocenters. The summed E-state index contributed by atoms with van der Waals surface area (Å²) in [5, 5.41) is 4.30. The van der Waals surface area contributed by atoms with Crippen LogP contribution in [0.25, 0.3) is 0 Å². The van der Waals surface area contributed by atoms with Gasteiger partial charge in [-0.3, -0.25) is 9.48 Å². The molecular formula is C18H27N5O. The molecule has 24 heavy (non-hydrogen) atoms. The molecular weight excluding hydrogens is 302 g/mol. The van der Waals surface area contributed by atoms with Crippen LogP contribution in [0.5, 0.6) is 0 Å². The average molecular weight is 329 g/mol. The lowest BCUT2D eigenvalue weighted by Crippen LogP contribution is -2.46. The molecule has 1 aliphatic rings. The first-order valence-electron chi connectivity index (χ1n) is 8.33. The van der Waals surface area contributed by atoms with Crippen molar-refractivity contribution in [2.45, 2.75) is 26.8 Å². The molecule has 1 aliphatic heterocycles. The molecule has 3 rings (SSSR count). The van der Waals surface area contributed by atoms with Crippen LogP contribution in [0.2, 0.25) is 0 Å². The van der Waals surface area contributed by atoms with Gasteiger partial charge in [-0.25, -0.2) is 0 Å². The molecule has 0 bridgehead atoms. The molecule has 0 radical (unpaired) electrons. The zero-order chi connectivity index (χ0) is 17.9. The van der Waals surface area contributed by atoms with E-state index >= 15 is 0 Å². The highest BCUT2D eigenvalue weighted by molar-refractivity contribution is 6.08. The Kier molecular flexibility index (Phi) is 5.62. The standard InChI is InChI=1S/C16H21N5O.C2H6/c1-11-4-6-12(7-5-11)20-10-13(9-19(2)3)21-15(16(20)22)14(17)8-18-21;1-2/h4-8,13H,9-10,17H2,1-3H3;1-2H3. The van der Waals surface area contributed by atoms with Crippen LogP contribution in [0.3, 0.4) is 0 Å². The molecule has 2 N–H and O–H groups in total. The molecule has 130 valence electrons. The summed E-state index contributed by atoms with van der Waals surface area (Å²) in [6.45, 7) is 7.42. The molecule has 0 aliphatic carbocycles. The Morgan fingerprint density at radius 1 is 1.25 bits per heavy atom. The van der Waals surface area contributed by atoms with Crippen LogP contribution in [0.15, 0.2) is 30.5 Å². The lowest BCUT2D eigenvalue weighted by atomic mass is 10.1. The lowest BCUT2D eigenvalue weighted by Gasteiger charge is -2.35. The third kappa shape index (κ3) is 3.43. The number of likely N-dealkylation sites (N-methyl/N-ethyl adjacent to an activating group) is 1. The predicted molar refractivity (Wildman–Crippen MR) is 98.4 cm³/mol. The van der Waals surface area contributed by atoms with Crippen LogP contribution >= 0.6 is 0 Å².